The first-order valence-electron chi connectivity index (χ1n) is 6.34. The van der Waals surface area contributed by atoms with Crippen molar-refractivity contribution in [3.05, 3.63) is 0 Å². The molecule has 2 heterocycles. The molecular weight excluding hydrogens is 220 g/mol. The molecular formula is C12H20N2O3. The second-order valence-electron chi connectivity index (χ2n) is 5.07. The quantitative estimate of drug-likeness (QED) is 0.748. The number of carboxylic acid groups (broad SMARTS) is 1. The van der Waals surface area contributed by atoms with Crippen LogP contribution in [-0.4, -0.2) is 47.1 Å². The van der Waals surface area contributed by atoms with E-state index in [4.69, 9.17) is 0 Å². The number of carbonyl (C=O) groups is 2. The van der Waals surface area contributed by atoms with Gasteiger partial charge in [-0.25, -0.2) is 4.79 Å². The van der Waals surface area contributed by atoms with Crippen molar-refractivity contribution in [3.8, 4) is 0 Å². The smallest absolute Gasteiger partial charge is 0.329 e. The standard InChI is InChI=1S/C12H20N2O3/c1-2-12(11(16)17)4-3-5-14(12)10(15)6-9-7-13-8-9/h9,13H,2-8H2,1H3,(H,16,17). The topological polar surface area (TPSA) is 69.6 Å². The number of carbonyl (C=O) groups excluding carboxylic acids is 1. The monoisotopic (exact) mass is 240 g/mol. The van der Waals surface area contributed by atoms with E-state index in [1.807, 2.05) is 6.92 Å². The highest BCUT2D eigenvalue weighted by molar-refractivity contribution is 5.87. The first-order chi connectivity index (χ1) is 8.10. The molecule has 0 aromatic carbocycles. The summed E-state index contributed by atoms with van der Waals surface area (Å²) in [6.45, 7) is 4.21. The van der Waals surface area contributed by atoms with Crippen LogP contribution >= 0.6 is 0 Å². The summed E-state index contributed by atoms with van der Waals surface area (Å²) in [5.41, 5.74) is -0.936. The van der Waals surface area contributed by atoms with Crippen molar-refractivity contribution in [1.82, 2.24) is 10.2 Å². The summed E-state index contributed by atoms with van der Waals surface area (Å²) in [6.07, 6.45) is 2.38. The van der Waals surface area contributed by atoms with Crippen molar-refractivity contribution < 1.29 is 14.7 Å². The minimum absolute atomic E-state index is 0.0123. The van der Waals surface area contributed by atoms with Crippen LogP contribution in [-0.2, 0) is 9.59 Å². The van der Waals surface area contributed by atoms with Crippen LogP contribution in [0.5, 0.6) is 0 Å². The molecule has 5 heteroatoms. The van der Waals surface area contributed by atoms with E-state index in [-0.39, 0.29) is 5.91 Å². The molecule has 2 fully saturated rings. The van der Waals surface area contributed by atoms with Crippen LogP contribution in [0.4, 0.5) is 0 Å². The van der Waals surface area contributed by atoms with Gasteiger partial charge < -0.3 is 15.3 Å². The van der Waals surface area contributed by atoms with Gasteiger partial charge in [-0.2, -0.15) is 0 Å². The molecule has 2 aliphatic rings. The van der Waals surface area contributed by atoms with Gasteiger partial charge >= 0.3 is 5.97 Å². The maximum absolute atomic E-state index is 12.2. The van der Waals surface area contributed by atoms with Crippen molar-refractivity contribution in [2.75, 3.05) is 19.6 Å². The van der Waals surface area contributed by atoms with Gasteiger partial charge in [0.25, 0.3) is 0 Å². The first kappa shape index (κ1) is 12.4. The summed E-state index contributed by atoms with van der Waals surface area (Å²) in [6, 6.07) is 0. The van der Waals surface area contributed by atoms with Gasteiger partial charge in [0.2, 0.25) is 5.91 Å². The zero-order valence-electron chi connectivity index (χ0n) is 10.2. The van der Waals surface area contributed by atoms with Crippen molar-refractivity contribution >= 4 is 11.9 Å². The van der Waals surface area contributed by atoms with Crippen LogP contribution in [0.15, 0.2) is 0 Å². The Balaban J connectivity index is 2.06. The predicted octanol–water partition coefficient (Wildman–Crippen LogP) is 0.452. The molecule has 1 atom stereocenters. The summed E-state index contributed by atoms with van der Waals surface area (Å²) < 4.78 is 0. The molecule has 0 bridgehead atoms. The Morgan fingerprint density at radius 3 is 2.65 bits per heavy atom. The van der Waals surface area contributed by atoms with Gasteiger partial charge in [0.05, 0.1) is 0 Å². The van der Waals surface area contributed by atoms with Gasteiger partial charge in [0.1, 0.15) is 5.54 Å². The van der Waals surface area contributed by atoms with Crippen molar-refractivity contribution in [2.24, 2.45) is 5.92 Å². The van der Waals surface area contributed by atoms with Crippen molar-refractivity contribution in [2.45, 2.75) is 38.1 Å². The Hall–Kier alpha value is -1.10. The fourth-order valence-electron chi connectivity index (χ4n) is 2.83. The van der Waals surface area contributed by atoms with Gasteiger partial charge in [-0.3, -0.25) is 4.79 Å². The molecule has 96 valence electrons. The van der Waals surface area contributed by atoms with Gasteiger partial charge in [-0.1, -0.05) is 6.92 Å². The maximum atomic E-state index is 12.2. The Labute approximate surface area is 101 Å². The van der Waals surface area contributed by atoms with Gasteiger partial charge in [-0.15, -0.1) is 0 Å². The number of hydrogen-bond donors (Lipinski definition) is 2. The molecule has 2 aliphatic heterocycles. The van der Waals surface area contributed by atoms with Crippen LogP contribution in [0.3, 0.4) is 0 Å². The third kappa shape index (κ3) is 2.04. The predicted molar refractivity (Wildman–Crippen MR) is 62.6 cm³/mol. The molecule has 2 saturated heterocycles. The van der Waals surface area contributed by atoms with Gasteiger partial charge in [0, 0.05) is 13.0 Å². The largest absolute Gasteiger partial charge is 0.479 e. The summed E-state index contributed by atoms with van der Waals surface area (Å²) >= 11 is 0. The van der Waals surface area contributed by atoms with Gasteiger partial charge in [-0.05, 0) is 38.3 Å². The molecule has 5 nitrogen and oxygen atoms in total. The van der Waals surface area contributed by atoms with E-state index in [0.717, 1.165) is 19.5 Å². The molecule has 1 unspecified atom stereocenters. The highest BCUT2D eigenvalue weighted by Gasteiger charge is 2.48. The minimum atomic E-state index is -0.936. The van der Waals surface area contributed by atoms with Crippen LogP contribution in [0, 0.1) is 5.92 Å². The normalized spacial score (nSPS) is 29.1. The van der Waals surface area contributed by atoms with Crippen LogP contribution in [0.25, 0.3) is 0 Å². The van der Waals surface area contributed by atoms with E-state index in [1.54, 1.807) is 4.90 Å². The van der Waals surface area contributed by atoms with Crippen LogP contribution in [0.2, 0.25) is 0 Å². The third-order valence-electron chi connectivity index (χ3n) is 4.10. The van der Waals surface area contributed by atoms with Crippen molar-refractivity contribution in [3.63, 3.8) is 0 Å². The maximum Gasteiger partial charge on any atom is 0.329 e. The Kier molecular flexibility index (Phi) is 3.38. The number of likely N-dealkylation sites (tertiary alicyclic amines) is 1. The lowest BCUT2D eigenvalue weighted by Crippen LogP contribution is -2.54. The van der Waals surface area contributed by atoms with Gasteiger partial charge in [0.15, 0.2) is 0 Å². The lowest BCUT2D eigenvalue weighted by molar-refractivity contribution is -0.157. The highest BCUT2D eigenvalue weighted by atomic mass is 16.4. The lowest BCUT2D eigenvalue weighted by Gasteiger charge is -2.36. The number of rotatable bonds is 4. The number of nitrogens with one attached hydrogen (secondary N) is 1. The second-order valence-corrected chi connectivity index (χ2v) is 5.07. The fourth-order valence-corrected chi connectivity index (χ4v) is 2.83. The summed E-state index contributed by atoms with van der Waals surface area (Å²) in [5.74, 6) is -0.442. The molecule has 2 N–H and O–H groups in total. The molecule has 0 aromatic heterocycles. The molecule has 0 saturated carbocycles. The average Bonchev–Trinajstić information content (AvgIpc) is 2.68. The van der Waals surface area contributed by atoms with E-state index >= 15 is 0 Å². The lowest BCUT2D eigenvalue weighted by atomic mass is 9.91. The Bertz CT molecular complexity index is 328. The third-order valence-corrected chi connectivity index (χ3v) is 4.10. The molecule has 17 heavy (non-hydrogen) atoms. The zero-order chi connectivity index (χ0) is 12.5. The van der Waals surface area contributed by atoms with Crippen LogP contribution in [0.1, 0.15) is 32.6 Å². The van der Waals surface area contributed by atoms with E-state index < -0.39 is 11.5 Å². The molecule has 0 radical (unpaired) electrons. The molecule has 0 aromatic rings. The Morgan fingerprint density at radius 2 is 2.18 bits per heavy atom. The SMILES string of the molecule is CCC1(C(=O)O)CCCN1C(=O)CC1CNC1. The van der Waals surface area contributed by atoms with Crippen LogP contribution < -0.4 is 5.32 Å². The fraction of sp³-hybridized carbons (Fsp3) is 0.833. The molecule has 2 rings (SSSR count). The molecule has 0 spiro atoms. The average molecular weight is 240 g/mol. The second kappa shape index (κ2) is 4.64. The number of nitrogens with zero attached hydrogens (tertiary/aromatic N) is 1. The number of hydrogen-bond acceptors (Lipinski definition) is 3. The summed E-state index contributed by atoms with van der Waals surface area (Å²) in [4.78, 5) is 25.2. The summed E-state index contributed by atoms with van der Waals surface area (Å²) in [7, 11) is 0. The minimum Gasteiger partial charge on any atom is -0.479 e. The zero-order valence-corrected chi connectivity index (χ0v) is 10.2. The summed E-state index contributed by atoms with van der Waals surface area (Å²) in [5, 5.41) is 12.5. The van der Waals surface area contributed by atoms with Crippen molar-refractivity contribution in [1.29, 1.82) is 0 Å². The van der Waals surface area contributed by atoms with E-state index in [1.165, 1.54) is 0 Å². The van der Waals surface area contributed by atoms with E-state index in [0.29, 0.717) is 31.7 Å². The number of aliphatic carboxylic acids is 1. The Morgan fingerprint density at radius 1 is 1.47 bits per heavy atom. The molecule has 0 aliphatic carbocycles. The van der Waals surface area contributed by atoms with E-state index in [2.05, 4.69) is 5.32 Å². The highest BCUT2D eigenvalue weighted by Crippen LogP contribution is 2.33. The van der Waals surface area contributed by atoms with E-state index in [9.17, 15) is 14.7 Å². The first-order valence-corrected chi connectivity index (χ1v) is 6.34. The molecule has 1 amide bonds. The number of amides is 1. The number of carboxylic acids is 1.